The van der Waals surface area contributed by atoms with Crippen LogP contribution < -0.4 is 14.8 Å². The first-order valence-electron chi connectivity index (χ1n) is 15.8. The van der Waals surface area contributed by atoms with E-state index in [1.165, 1.54) is 0 Å². The summed E-state index contributed by atoms with van der Waals surface area (Å²) in [5.74, 6) is 1.30. The molecular weight excluding hydrogens is 578 g/mol. The number of rotatable bonds is 10. The topological polar surface area (TPSA) is 90.7 Å². The largest absolute Gasteiger partial charge is 0.473 e. The molecule has 5 aromatic rings. The number of pyridine rings is 1. The van der Waals surface area contributed by atoms with E-state index >= 15 is 0 Å². The van der Waals surface area contributed by atoms with Crippen molar-refractivity contribution in [3.05, 3.63) is 102 Å². The average Bonchev–Trinajstić information content (AvgIpc) is 3.66. The number of carbonyl (C=O) groups excluding carboxylic acids is 1. The Balaban J connectivity index is 1.19. The molecule has 3 aromatic carbocycles. The number of hydrogen-bond acceptors (Lipinski definition) is 7. The van der Waals surface area contributed by atoms with Crippen LogP contribution in [-0.2, 0) is 25.0 Å². The highest BCUT2D eigenvalue weighted by Gasteiger charge is 2.29. The zero-order chi connectivity index (χ0) is 32.1. The number of ether oxygens (including phenoxy) is 3. The summed E-state index contributed by atoms with van der Waals surface area (Å²) in [7, 11) is 1.95. The molecule has 1 saturated heterocycles. The molecule has 1 N–H and O–H groups in total. The normalized spacial score (nSPS) is 14.8. The van der Waals surface area contributed by atoms with E-state index in [0.29, 0.717) is 44.0 Å². The van der Waals surface area contributed by atoms with Gasteiger partial charge in [0.05, 0.1) is 11.1 Å². The lowest BCUT2D eigenvalue weighted by Gasteiger charge is -2.24. The Kier molecular flexibility index (Phi) is 9.10. The van der Waals surface area contributed by atoms with Crippen LogP contribution in [0.2, 0.25) is 0 Å². The van der Waals surface area contributed by atoms with Crippen LogP contribution >= 0.6 is 0 Å². The number of likely N-dealkylation sites (tertiary alicyclic amines) is 1. The summed E-state index contributed by atoms with van der Waals surface area (Å²) < 4.78 is 19.8. The lowest BCUT2D eigenvalue weighted by Crippen LogP contribution is -2.35. The van der Waals surface area contributed by atoms with Crippen molar-refractivity contribution in [1.29, 1.82) is 0 Å². The highest BCUT2D eigenvalue weighted by Crippen LogP contribution is 2.36. The Bertz CT molecular complexity index is 1780. The number of carbonyl (C=O) groups is 1. The van der Waals surface area contributed by atoms with Gasteiger partial charge in [-0.2, -0.15) is 10.1 Å². The molecule has 1 aliphatic rings. The van der Waals surface area contributed by atoms with Crippen LogP contribution in [0.15, 0.2) is 91.0 Å². The molecule has 0 saturated carbocycles. The molecule has 0 aliphatic carbocycles. The van der Waals surface area contributed by atoms with Gasteiger partial charge in [0.2, 0.25) is 11.8 Å². The fraction of sp³-hybridized carbons (Fsp3) is 0.324. The molecule has 9 nitrogen and oxygen atoms in total. The molecule has 6 rings (SSSR count). The van der Waals surface area contributed by atoms with Crippen molar-refractivity contribution in [3.63, 3.8) is 0 Å². The molecule has 0 radical (unpaired) electrons. The molecule has 9 heteroatoms. The van der Waals surface area contributed by atoms with E-state index < -0.39 is 5.60 Å². The van der Waals surface area contributed by atoms with Crippen molar-refractivity contribution in [3.8, 4) is 23.0 Å². The van der Waals surface area contributed by atoms with Gasteiger partial charge in [0.15, 0.2) is 0 Å². The van der Waals surface area contributed by atoms with Crippen LogP contribution in [0, 0.1) is 5.92 Å². The maximum Gasteiger partial charge on any atom is 0.410 e. The first kappa shape index (κ1) is 31.0. The Hall–Kier alpha value is -5.05. The van der Waals surface area contributed by atoms with Crippen molar-refractivity contribution in [2.24, 2.45) is 13.0 Å². The van der Waals surface area contributed by atoms with Gasteiger partial charge in [-0.1, -0.05) is 60.7 Å². The third-order valence-electron chi connectivity index (χ3n) is 7.92. The summed E-state index contributed by atoms with van der Waals surface area (Å²) in [4.78, 5) is 19.1. The number of benzene rings is 3. The molecule has 0 unspecified atom stereocenters. The van der Waals surface area contributed by atoms with Crippen molar-refractivity contribution in [1.82, 2.24) is 19.7 Å². The summed E-state index contributed by atoms with van der Waals surface area (Å²) >= 11 is 0. The van der Waals surface area contributed by atoms with Gasteiger partial charge in [-0.3, -0.25) is 4.68 Å². The molecule has 0 bridgehead atoms. The Morgan fingerprint density at radius 2 is 1.61 bits per heavy atom. The predicted octanol–water partition coefficient (Wildman–Crippen LogP) is 7.46. The molecule has 238 valence electrons. The van der Waals surface area contributed by atoms with Crippen molar-refractivity contribution >= 4 is 22.7 Å². The number of fused-ring (bicyclic) bond motifs is 1. The van der Waals surface area contributed by atoms with Crippen LogP contribution in [0.3, 0.4) is 0 Å². The SMILES string of the molecule is Cn1nc(-c2ccc(OCc3ccccc3)nc2OCc2ccccc2)c2ccc(NC[C@@H]3CCN(C(=O)OC(C)(C)C)C3)cc21. The van der Waals surface area contributed by atoms with Crippen LogP contribution in [0.4, 0.5) is 10.5 Å². The molecule has 46 heavy (non-hydrogen) atoms. The smallest absolute Gasteiger partial charge is 0.410 e. The quantitative estimate of drug-likeness (QED) is 0.174. The highest BCUT2D eigenvalue weighted by atomic mass is 16.6. The second-order valence-electron chi connectivity index (χ2n) is 12.7. The van der Waals surface area contributed by atoms with E-state index in [2.05, 4.69) is 23.5 Å². The van der Waals surface area contributed by atoms with Gasteiger partial charge in [-0.15, -0.1) is 0 Å². The first-order valence-corrected chi connectivity index (χ1v) is 15.8. The van der Waals surface area contributed by atoms with Crippen LogP contribution in [0.5, 0.6) is 11.8 Å². The highest BCUT2D eigenvalue weighted by molar-refractivity contribution is 5.96. The van der Waals surface area contributed by atoms with Crippen LogP contribution in [0.1, 0.15) is 38.3 Å². The lowest BCUT2D eigenvalue weighted by atomic mass is 10.1. The maximum absolute atomic E-state index is 12.5. The van der Waals surface area contributed by atoms with E-state index in [1.807, 2.05) is 105 Å². The number of anilines is 1. The molecular formula is C37H41N5O4. The third kappa shape index (κ3) is 7.59. The van der Waals surface area contributed by atoms with Gasteiger partial charge >= 0.3 is 6.09 Å². The van der Waals surface area contributed by atoms with E-state index in [9.17, 15) is 4.79 Å². The van der Waals surface area contributed by atoms with Crippen molar-refractivity contribution < 1.29 is 19.0 Å². The molecule has 1 amide bonds. The second-order valence-corrected chi connectivity index (χ2v) is 12.7. The Morgan fingerprint density at radius 3 is 2.30 bits per heavy atom. The van der Waals surface area contributed by atoms with Crippen molar-refractivity contribution in [2.45, 2.75) is 46.0 Å². The fourth-order valence-electron chi connectivity index (χ4n) is 5.57. The summed E-state index contributed by atoms with van der Waals surface area (Å²) in [6.07, 6.45) is 0.699. The van der Waals surface area contributed by atoms with E-state index in [0.717, 1.165) is 51.9 Å². The number of nitrogens with zero attached hydrogens (tertiary/aromatic N) is 4. The lowest BCUT2D eigenvalue weighted by molar-refractivity contribution is 0.0289. The molecule has 1 aliphatic heterocycles. The fourth-order valence-corrected chi connectivity index (χ4v) is 5.57. The minimum absolute atomic E-state index is 0.240. The number of hydrogen-bond donors (Lipinski definition) is 1. The summed E-state index contributed by atoms with van der Waals surface area (Å²) in [6.45, 7) is 8.63. The minimum atomic E-state index is -0.492. The number of aryl methyl sites for hydroxylation is 1. The average molecular weight is 620 g/mol. The summed E-state index contributed by atoms with van der Waals surface area (Å²) in [6, 6.07) is 30.2. The predicted molar refractivity (Wildman–Crippen MR) is 180 cm³/mol. The maximum atomic E-state index is 12.5. The van der Waals surface area contributed by atoms with Crippen molar-refractivity contribution in [2.75, 3.05) is 25.0 Å². The van der Waals surface area contributed by atoms with E-state index in [4.69, 9.17) is 24.3 Å². The van der Waals surface area contributed by atoms with Gasteiger partial charge in [-0.05, 0) is 68.5 Å². The van der Waals surface area contributed by atoms with Gasteiger partial charge in [0.25, 0.3) is 0 Å². The molecule has 0 spiro atoms. The number of nitrogens with one attached hydrogen (secondary N) is 1. The molecule has 1 fully saturated rings. The Morgan fingerprint density at radius 1 is 0.913 bits per heavy atom. The van der Waals surface area contributed by atoms with Gasteiger partial charge in [0, 0.05) is 43.8 Å². The second kappa shape index (κ2) is 13.5. The summed E-state index contributed by atoms with van der Waals surface area (Å²) in [5, 5.41) is 9.47. The van der Waals surface area contributed by atoms with E-state index in [1.54, 1.807) is 4.90 Å². The minimum Gasteiger partial charge on any atom is -0.473 e. The standard InChI is InChI=1S/C37H41N5O4/c1-37(2,3)46-36(43)42-20-19-28(23-42)22-38-29-15-16-30-32(21-29)41(4)40-34(30)31-17-18-33(44-24-26-11-7-5-8-12-26)39-35(31)45-25-27-13-9-6-10-14-27/h5-18,21,28,38H,19-20,22-25H2,1-4H3/t28-/m0/s1. The molecule has 1 atom stereocenters. The molecule has 2 aromatic heterocycles. The third-order valence-corrected chi connectivity index (χ3v) is 7.92. The zero-order valence-corrected chi connectivity index (χ0v) is 26.9. The summed E-state index contributed by atoms with van der Waals surface area (Å²) in [5.41, 5.74) is 5.19. The van der Waals surface area contributed by atoms with Gasteiger partial charge in [-0.25, -0.2) is 4.79 Å². The monoisotopic (exact) mass is 619 g/mol. The zero-order valence-electron chi connectivity index (χ0n) is 26.9. The van der Waals surface area contributed by atoms with Crippen LogP contribution in [0.25, 0.3) is 22.2 Å². The first-order chi connectivity index (χ1) is 22.2. The van der Waals surface area contributed by atoms with Gasteiger partial charge < -0.3 is 24.4 Å². The van der Waals surface area contributed by atoms with Gasteiger partial charge in [0.1, 0.15) is 24.5 Å². The van der Waals surface area contributed by atoms with E-state index in [-0.39, 0.29) is 6.09 Å². The number of amides is 1. The Labute approximate surface area is 270 Å². The molecule has 3 heterocycles. The number of aromatic nitrogens is 3. The van der Waals surface area contributed by atoms with Crippen LogP contribution in [-0.4, -0.2) is 51.0 Å².